The lowest BCUT2D eigenvalue weighted by molar-refractivity contribution is 0.415. The van der Waals surface area contributed by atoms with Gasteiger partial charge in [0.15, 0.2) is 0 Å². The van der Waals surface area contributed by atoms with Crippen molar-refractivity contribution in [2.75, 3.05) is 7.11 Å². The van der Waals surface area contributed by atoms with Crippen LogP contribution in [-0.4, -0.2) is 7.11 Å². The van der Waals surface area contributed by atoms with E-state index in [1.165, 1.54) is 0 Å². The van der Waals surface area contributed by atoms with Crippen LogP contribution in [0.1, 0.15) is 11.1 Å². The van der Waals surface area contributed by atoms with Gasteiger partial charge >= 0.3 is 0 Å². The number of halogens is 1. The summed E-state index contributed by atoms with van der Waals surface area (Å²) in [5, 5.41) is 2.57. The number of hydrogen-bond donors (Lipinski definition) is 0. The van der Waals surface area contributed by atoms with Crippen molar-refractivity contribution in [2.45, 2.75) is 13.8 Å². The molecule has 0 fully saturated rings. The minimum Gasteiger partial charge on any atom is -0.497 e. The molecule has 0 bridgehead atoms. The molecular weight excluding hydrogens is 370 g/mol. The highest BCUT2D eigenvalue weighted by atomic mass is 35.5. The molecule has 0 radical (unpaired) electrons. The molecule has 0 atom stereocenters. The Morgan fingerprint density at radius 1 is 0.893 bits per heavy atom. The molecule has 0 aliphatic rings. The molecule has 1 aromatic heterocycles. The molecule has 3 nitrogen and oxygen atoms in total. The topological polar surface area (TPSA) is 34.7 Å². The van der Waals surface area contributed by atoms with Crippen LogP contribution in [0.2, 0.25) is 5.02 Å². The quantitative estimate of drug-likeness (QED) is 0.395. The third kappa shape index (κ3) is 3.67. The second kappa shape index (κ2) is 7.53. The normalized spacial score (nSPS) is 11.8. The van der Waals surface area contributed by atoms with Crippen LogP contribution in [0, 0.1) is 13.8 Å². The fourth-order valence-corrected chi connectivity index (χ4v) is 3.45. The van der Waals surface area contributed by atoms with Gasteiger partial charge in [0.1, 0.15) is 17.1 Å². The van der Waals surface area contributed by atoms with E-state index >= 15 is 0 Å². The Balaban J connectivity index is 1.99. The summed E-state index contributed by atoms with van der Waals surface area (Å²) < 4.78 is 11.5. The first-order chi connectivity index (χ1) is 13.5. The van der Waals surface area contributed by atoms with Gasteiger partial charge in [-0.25, -0.2) is 4.99 Å². The van der Waals surface area contributed by atoms with Crippen LogP contribution < -0.4 is 10.1 Å². The number of ether oxygens (including phenoxy) is 1. The van der Waals surface area contributed by atoms with E-state index in [-0.39, 0.29) is 0 Å². The van der Waals surface area contributed by atoms with Crippen LogP contribution in [0.4, 0.5) is 5.69 Å². The Kier molecular flexibility index (Phi) is 4.93. The molecule has 0 spiro atoms. The van der Waals surface area contributed by atoms with Gasteiger partial charge in [0.2, 0.25) is 0 Å². The number of rotatable bonds is 3. The largest absolute Gasteiger partial charge is 0.497 e. The maximum Gasteiger partial charge on any atom is 0.137 e. The van der Waals surface area contributed by atoms with Gasteiger partial charge in [-0.15, -0.1) is 0 Å². The molecule has 28 heavy (non-hydrogen) atoms. The van der Waals surface area contributed by atoms with Crippen LogP contribution in [0.5, 0.6) is 5.75 Å². The Bertz CT molecular complexity index is 1210. The maximum absolute atomic E-state index is 6.26. The van der Waals surface area contributed by atoms with Crippen molar-refractivity contribution >= 4 is 28.3 Å². The lowest BCUT2D eigenvalue weighted by atomic mass is 10.0. The zero-order chi connectivity index (χ0) is 19.7. The van der Waals surface area contributed by atoms with Crippen LogP contribution in [0.3, 0.4) is 0 Å². The van der Waals surface area contributed by atoms with Crippen molar-refractivity contribution in [3.05, 3.63) is 88.2 Å². The van der Waals surface area contributed by atoms with Crippen LogP contribution in [-0.2, 0) is 0 Å². The summed E-state index contributed by atoms with van der Waals surface area (Å²) in [5.41, 5.74) is 4.91. The molecule has 4 aromatic rings. The third-order valence-electron chi connectivity index (χ3n) is 4.64. The molecule has 140 valence electrons. The van der Waals surface area contributed by atoms with Gasteiger partial charge in [-0.2, -0.15) is 0 Å². The fourth-order valence-electron chi connectivity index (χ4n) is 3.32. The molecule has 4 rings (SSSR count). The van der Waals surface area contributed by atoms with Gasteiger partial charge in [-0.3, -0.25) is 0 Å². The molecule has 1 heterocycles. The monoisotopic (exact) mass is 389 g/mol. The number of nitrogens with zero attached hydrogens (tertiary/aromatic N) is 1. The van der Waals surface area contributed by atoms with E-state index in [1.807, 2.05) is 54.6 Å². The van der Waals surface area contributed by atoms with Gasteiger partial charge in [-0.05, 0) is 79.6 Å². The average Bonchev–Trinajstić information content (AvgIpc) is 2.69. The summed E-state index contributed by atoms with van der Waals surface area (Å²) in [4.78, 5) is 4.88. The van der Waals surface area contributed by atoms with Gasteiger partial charge in [0.25, 0.3) is 0 Å². The third-order valence-corrected chi connectivity index (χ3v) is 4.89. The van der Waals surface area contributed by atoms with E-state index in [4.69, 9.17) is 25.7 Å². The highest BCUT2D eigenvalue weighted by Crippen LogP contribution is 2.27. The van der Waals surface area contributed by atoms with E-state index in [9.17, 15) is 0 Å². The van der Waals surface area contributed by atoms with Crippen molar-refractivity contribution in [3.63, 3.8) is 0 Å². The number of fused-ring (bicyclic) bond motifs is 1. The minimum atomic E-state index is 0.692. The fraction of sp³-hybridized carbons (Fsp3) is 0.125. The first-order valence-corrected chi connectivity index (χ1v) is 9.41. The molecule has 0 saturated carbocycles. The van der Waals surface area contributed by atoms with Crippen LogP contribution in [0.25, 0.3) is 22.3 Å². The molecule has 4 heteroatoms. The Morgan fingerprint density at radius 2 is 1.61 bits per heavy atom. The summed E-state index contributed by atoms with van der Waals surface area (Å²) in [6.45, 7) is 4.15. The molecule has 0 amide bonds. The molecule has 0 N–H and O–H groups in total. The molecule has 0 unspecified atom stereocenters. The molecule has 0 saturated heterocycles. The average molecular weight is 390 g/mol. The second-order valence-corrected chi connectivity index (χ2v) is 7.20. The Morgan fingerprint density at radius 3 is 2.29 bits per heavy atom. The zero-order valence-electron chi connectivity index (χ0n) is 16.0. The lowest BCUT2D eigenvalue weighted by Crippen LogP contribution is -2.05. The van der Waals surface area contributed by atoms with E-state index in [0.717, 1.165) is 50.2 Å². The first kappa shape index (κ1) is 18.3. The van der Waals surface area contributed by atoms with E-state index in [1.54, 1.807) is 7.11 Å². The van der Waals surface area contributed by atoms with Crippen LogP contribution in [0.15, 0.2) is 76.1 Å². The van der Waals surface area contributed by atoms with E-state index < -0.39 is 0 Å². The smallest absolute Gasteiger partial charge is 0.137 e. The highest BCUT2D eigenvalue weighted by molar-refractivity contribution is 6.30. The molecular formula is C24H20ClNO2. The van der Waals surface area contributed by atoms with Crippen molar-refractivity contribution in [2.24, 2.45) is 4.99 Å². The minimum absolute atomic E-state index is 0.692. The number of benzene rings is 3. The van der Waals surface area contributed by atoms with Gasteiger partial charge < -0.3 is 9.15 Å². The van der Waals surface area contributed by atoms with E-state index in [2.05, 4.69) is 26.0 Å². The number of methoxy groups -OCH3 is 1. The van der Waals surface area contributed by atoms with Gasteiger partial charge in [-0.1, -0.05) is 17.7 Å². The predicted molar refractivity (Wildman–Crippen MR) is 114 cm³/mol. The van der Waals surface area contributed by atoms with Crippen molar-refractivity contribution in [3.8, 4) is 17.1 Å². The summed E-state index contributed by atoms with van der Waals surface area (Å²) in [5.74, 6) is 1.56. The summed E-state index contributed by atoms with van der Waals surface area (Å²) >= 11 is 6.02. The lowest BCUT2D eigenvalue weighted by Gasteiger charge is -2.09. The SMILES string of the molecule is COc1ccc(-c2cc(=Nc3ccc(Cl)cc3)c3c(C)cc(C)cc3o2)cc1. The second-order valence-electron chi connectivity index (χ2n) is 6.77. The Hall–Kier alpha value is -3.04. The summed E-state index contributed by atoms with van der Waals surface area (Å²) in [7, 11) is 1.66. The van der Waals surface area contributed by atoms with Gasteiger partial charge in [0, 0.05) is 22.0 Å². The van der Waals surface area contributed by atoms with Gasteiger partial charge in [0.05, 0.1) is 18.2 Å². The van der Waals surface area contributed by atoms with Crippen molar-refractivity contribution in [1.82, 2.24) is 0 Å². The predicted octanol–water partition coefficient (Wildman–Crippen LogP) is 6.61. The highest BCUT2D eigenvalue weighted by Gasteiger charge is 2.09. The van der Waals surface area contributed by atoms with E-state index in [0.29, 0.717) is 5.02 Å². The Labute approximate surface area is 168 Å². The molecule has 0 aliphatic heterocycles. The molecule has 0 aliphatic carbocycles. The molecule has 3 aromatic carbocycles. The number of hydrogen-bond acceptors (Lipinski definition) is 3. The van der Waals surface area contributed by atoms with Crippen LogP contribution >= 0.6 is 11.6 Å². The standard InChI is InChI=1S/C24H20ClNO2/c1-15-12-16(2)24-21(26-19-8-6-18(25)7-9-19)14-22(28-23(24)13-15)17-4-10-20(27-3)11-5-17/h4-14H,1-3H3. The first-order valence-electron chi connectivity index (χ1n) is 9.03. The number of aryl methyl sites for hydroxylation is 2. The summed E-state index contributed by atoms with van der Waals surface area (Å²) in [6.07, 6.45) is 0. The summed E-state index contributed by atoms with van der Waals surface area (Å²) in [6, 6.07) is 21.5. The van der Waals surface area contributed by atoms with Crippen molar-refractivity contribution in [1.29, 1.82) is 0 Å². The maximum atomic E-state index is 6.26. The van der Waals surface area contributed by atoms with Crippen molar-refractivity contribution < 1.29 is 9.15 Å². The zero-order valence-corrected chi connectivity index (χ0v) is 16.7.